The molecule has 1 aromatic carbocycles. The van der Waals surface area contributed by atoms with E-state index in [9.17, 15) is 0 Å². The van der Waals surface area contributed by atoms with Crippen LogP contribution in [0.5, 0.6) is 5.75 Å². The Kier molecular flexibility index (Phi) is 5.45. The number of phenolic OH excluding ortho intramolecular Hbond substituents is 1. The van der Waals surface area contributed by atoms with Crippen molar-refractivity contribution in [1.29, 1.82) is 0 Å². The largest absolute Gasteiger partial charge is 0.508 e. The maximum atomic E-state index is 9.16. The number of benzene rings is 1. The fourth-order valence-electron chi connectivity index (χ4n) is 1.81. The first kappa shape index (κ1) is 14.0. The third-order valence-electron chi connectivity index (χ3n) is 2.88. The van der Waals surface area contributed by atoms with Gasteiger partial charge in [-0.25, -0.2) is 0 Å². The second kappa shape index (κ2) is 6.62. The Morgan fingerprint density at radius 1 is 1.18 bits per heavy atom. The molecular weight excluding hydrogens is 214 g/mol. The van der Waals surface area contributed by atoms with Crippen molar-refractivity contribution in [2.75, 3.05) is 13.2 Å². The molecule has 0 aromatic heterocycles. The standard InChI is InChI=1S/C14H23NO2/c1-14(2,8-3-9-16)11-15-10-12-4-6-13(17)7-5-12/h4-7,15-17H,3,8-11H2,1-2H3. The summed E-state index contributed by atoms with van der Waals surface area (Å²) in [6, 6.07) is 7.24. The fraction of sp³-hybridized carbons (Fsp3) is 0.571. The zero-order chi connectivity index (χ0) is 12.7. The highest BCUT2D eigenvalue weighted by Crippen LogP contribution is 2.21. The fourth-order valence-corrected chi connectivity index (χ4v) is 1.81. The Morgan fingerprint density at radius 2 is 1.82 bits per heavy atom. The summed E-state index contributed by atoms with van der Waals surface area (Å²) in [6.45, 7) is 6.40. The van der Waals surface area contributed by atoms with Crippen molar-refractivity contribution < 1.29 is 10.2 Å². The van der Waals surface area contributed by atoms with Gasteiger partial charge in [-0.05, 0) is 36.0 Å². The molecule has 0 atom stereocenters. The predicted molar refractivity (Wildman–Crippen MR) is 69.9 cm³/mol. The van der Waals surface area contributed by atoms with Gasteiger partial charge < -0.3 is 15.5 Å². The van der Waals surface area contributed by atoms with E-state index in [1.54, 1.807) is 12.1 Å². The van der Waals surface area contributed by atoms with Crippen LogP contribution in [0.15, 0.2) is 24.3 Å². The Hall–Kier alpha value is -1.06. The van der Waals surface area contributed by atoms with Gasteiger partial charge in [0, 0.05) is 19.7 Å². The zero-order valence-corrected chi connectivity index (χ0v) is 10.7. The van der Waals surface area contributed by atoms with Crippen molar-refractivity contribution in [3.63, 3.8) is 0 Å². The lowest BCUT2D eigenvalue weighted by molar-refractivity contribution is 0.236. The third kappa shape index (κ3) is 5.71. The molecule has 1 rings (SSSR count). The summed E-state index contributed by atoms with van der Waals surface area (Å²) in [6.07, 6.45) is 1.87. The first-order chi connectivity index (χ1) is 8.03. The van der Waals surface area contributed by atoms with E-state index in [4.69, 9.17) is 10.2 Å². The van der Waals surface area contributed by atoms with Crippen LogP contribution in [0.1, 0.15) is 32.3 Å². The molecule has 17 heavy (non-hydrogen) atoms. The third-order valence-corrected chi connectivity index (χ3v) is 2.88. The van der Waals surface area contributed by atoms with Crippen LogP contribution in [-0.2, 0) is 6.54 Å². The molecule has 0 spiro atoms. The summed E-state index contributed by atoms with van der Waals surface area (Å²) < 4.78 is 0. The average Bonchev–Trinajstić information content (AvgIpc) is 2.29. The molecule has 3 heteroatoms. The summed E-state index contributed by atoms with van der Waals surface area (Å²) in [4.78, 5) is 0. The van der Waals surface area contributed by atoms with E-state index in [1.807, 2.05) is 12.1 Å². The van der Waals surface area contributed by atoms with Crippen LogP contribution < -0.4 is 5.32 Å². The first-order valence-electron chi connectivity index (χ1n) is 6.13. The highest BCUT2D eigenvalue weighted by atomic mass is 16.3. The van der Waals surface area contributed by atoms with E-state index in [0.29, 0.717) is 5.75 Å². The molecule has 0 heterocycles. The lowest BCUT2D eigenvalue weighted by Crippen LogP contribution is -2.29. The van der Waals surface area contributed by atoms with Crippen LogP contribution in [-0.4, -0.2) is 23.4 Å². The molecule has 3 nitrogen and oxygen atoms in total. The van der Waals surface area contributed by atoms with E-state index >= 15 is 0 Å². The number of rotatable bonds is 7. The molecule has 0 saturated heterocycles. The number of hydrogen-bond acceptors (Lipinski definition) is 3. The van der Waals surface area contributed by atoms with Gasteiger partial charge in [-0.2, -0.15) is 0 Å². The zero-order valence-electron chi connectivity index (χ0n) is 10.7. The van der Waals surface area contributed by atoms with Crippen LogP contribution >= 0.6 is 0 Å². The molecule has 0 fully saturated rings. The van der Waals surface area contributed by atoms with Gasteiger partial charge in [0.1, 0.15) is 5.75 Å². The number of phenols is 1. The Labute approximate surface area is 103 Å². The van der Waals surface area contributed by atoms with Gasteiger partial charge in [-0.15, -0.1) is 0 Å². The van der Waals surface area contributed by atoms with Crippen LogP contribution in [0.2, 0.25) is 0 Å². The van der Waals surface area contributed by atoms with Crippen molar-refractivity contribution in [3.8, 4) is 5.75 Å². The summed E-state index contributed by atoms with van der Waals surface area (Å²) in [7, 11) is 0. The van der Waals surface area contributed by atoms with E-state index < -0.39 is 0 Å². The lowest BCUT2D eigenvalue weighted by Gasteiger charge is -2.24. The molecule has 3 N–H and O–H groups in total. The Bertz CT molecular complexity index is 319. The molecule has 0 unspecified atom stereocenters. The van der Waals surface area contributed by atoms with E-state index in [2.05, 4.69) is 19.2 Å². The maximum absolute atomic E-state index is 9.16. The number of aliphatic hydroxyl groups is 1. The van der Waals surface area contributed by atoms with Crippen LogP contribution in [0, 0.1) is 5.41 Å². The van der Waals surface area contributed by atoms with Crippen LogP contribution in [0.4, 0.5) is 0 Å². The molecule has 0 bridgehead atoms. The van der Waals surface area contributed by atoms with Gasteiger partial charge in [-0.1, -0.05) is 26.0 Å². The molecular formula is C14H23NO2. The Balaban J connectivity index is 2.29. The van der Waals surface area contributed by atoms with Gasteiger partial charge in [-0.3, -0.25) is 0 Å². The number of nitrogens with one attached hydrogen (secondary N) is 1. The van der Waals surface area contributed by atoms with E-state index in [-0.39, 0.29) is 12.0 Å². The van der Waals surface area contributed by atoms with Crippen LogP contribution in [0.3, 0.4) is 0 Å². The molecule has 0 aliphatic rings. The van der Waals surface area contributed by atoms with Crippen LogP contribution in [0.25, 0.3) is 0 Å². The van der Waals surface area contributed by atoms with Gasteiger partial charge in [0.25, 0.3) is 0 Å². The average molecular weight is 237 g/mol. The monoisotopic (exact) mass is 237 g/mol. The minimum absolute atomic E-state index is 0.208. The van der Waals surface area contributed by atoms with Crippen molar-refractivity contribution >= 4 is 0 Å². The predicted octanol–water partition coefficient (Wildman–Crippen LogP) is 2.28. The minimum atomic E-state index is 0.208. The highest BCUT2D eigenvalue weighted by molar-refractivity contribution is 5.25. The molecule has 96 valence electrons. The van der Waals surface area contributed by atoms with Gasteiger partial charge in [0.15, 0.2) is 0 Å². The number of aromatic hydroxyl groups is 1. The summed E-state index contributed by atoms with van der Waals surface area (Å²) in [5.74, 6) is 0.303. The summed E-state index contributed by atoms with van der Waals surface area (Å²) >= 11 is 0. The summed E-state index contributed by atoms with van der Waals surface area (Å²) in [5.41, 5.74) is 1.38. The van der Waals surface area contributed by atoms with Gasteiger partial charge >= 0.3 is 0 Å². The second-order valence-corrected chi connectivity index (χ2v) is 5.26. The van der Waals surface area contributed by atoms with Crippen molar-refractivity contribution in [2.24, 2.45) is 5.41 Å². The number of hydrogen-bond donors (Lipinski definition) is 3. The van der Waals surface area contributed by atoms with E-state index in [1.165, 1.54) is 5.56 Å². The minimum Gasteiger partial charge on any atom is -0.508 e. The Morgan fingerprint density at radius 3 is 2.41 bits per heavy atom. The number of aliphatic hydroxyl groups excluding tert-OH is 1. The quantitative estimate of drug-likeness (QED) is 0.682. The molecule has 0 aliphatic carbocycles. The molecule has 0 radical (unpaired) electrons. The first-order valence-corrected chi connectivity index (χ1v) is 6.13. The topological polar surface area (TPSA) is 52.5 Å². The molecule has 0 amide bonds. The van der Waals surface area contributed by atoms with Crippen molar-refractivity contribution in [3.05, 3.63) is 29.8 Å². The normalized spacial score (nSPS) is 11.7. The SMILES string of the molecule is CC(C)(CCCO)CNCc1ccc(O)cc1. The highest BCUT2D eigenvalue weighted by Gasteiger charge is 2.16. The van der Waals surface area contributed by atoms with Crippen molar-refractivity contribution in [1.82, 2.24) is 5.32 Å². The smallest absolute Gasteiger partial charge is 0.115 e. The maximum Gasteiger partial charge on any atom is 0.115 e. The summed E-state index contributed by atoms with van der Waals surface area (Å²) in [5, 5.41) is 21.4. The van der Waals surface area contributed by atoms with E-state index in [0.717, 1.165) is 25.9 Å². The van der Waals surface area contributed by atoms with Gasteiger partial charge in [0.2, 0.25) is 0 Å². The molecule has 1 aromatic rings. The molecule has 0 aliphatic heterocycles. The second-order valence-electron chi connectivity index (χ2n) is 5.26. The van der Waals surface area contributed by atoms with Gasteiger partial charge in [0.05, 0.1) is 0 Å². The lowest BCUT2D eigenvalue weighted by atomic mass is 9.88. The van der Waals surface area contributed by atoms with Crippen molar-refractivity contribution in [2.45, 2.75) is 33.2 Å². The molecule has 0 saturated carbocycles.